The van der Waals surface area contributed by atoms with Gasteiger partial charge in [0.2, 0.25) is 5.88 Å². The SMILES string of the molecule is CCCNCc1ccc(OC2CCOCC2)nc1C. The minimum Gasteiger partial charge on any atom is -0.474 e. The Labute approximate surface area is 115 Å². The molecule has 2 heterocycles. The van der Waals surface area contributed by atoms with Crippen molar-refractivity contribution < 1.29 is 9.47 Å². The van der Waals surface area contributed by atoms with Crippen LogP contribution in [-0.4, -0.2) is 30.8 Å². The van der Waals surface area contributed by atoms with Gasteiger partial charge in [0, 0.05) is 31.1 Å². The molecule has 0 atom stereocenters. The molecule has 0 radical (unpaired) electrons. The van der Waals surface area contributed by atoms with Crippen molar-refractivity contribution in [3.63, 3.8) is 0 Å². The molecule has 0 unspecified atom stereocenters. The van der Waals surface area contributed by atoms with Crippen LogP contribution in [0.3, 0.4) is 0 Å². The number of hydrogen-bond acceptors (Lipinski definition) is 4. The zero-order valence-corrected chi connectivity index (χ0v) is 11.9. The van der Waals surface area contributed by atoms with E-state index in [1.54, 1.807) is 0 Å². The predicted octanol–water partition coefficient (Wildman–Crippen LogP) is 2.45. The summed E-state index contributed by atoms with van der Waals surface area (Å²) < 4.78 is 11.2. The lowest BCUT2D eigenvalue weighted by Gasteiger charge is -2.23. The number of rotatable bonds is 6. The van der Waals surface area contributed by atoms with Crippen molar-refractivity contribution >= 4 is 0 Å². The van der Waals surface area contributed by atoms with Crippen molar-refractivity contribution in [1.82, 2.24) is 10.3 Å². The Morgan fingerprint density at radius 3 is 2.84 bits per heavy atom. The third kappa shape index (κ3) is 4.48. The van der Waals surface area contributed by atoms with Gasteiger partial charge < -0.3 is 14.8 Å². The topological polar surface area (TPSA) is 43.4 Å². The Morgan fingerprint density at radius 1 is 1.37 bits per heavy atom. The van der Waals surface area contributed by atoms with E-state index in [1.165, 1.54) is 5.56 Å². The van der Waals surface area contributed by atoms with E-state index in [0.29, 0.717) is 0 Å². The first-order chi connectivity index (χ1) is 9.29. The third-order valence-electron chi connectivity index (χ3n) is 3.37. The van der Waals surface area contributed by atoms with Gasteiger partial charge in [-0.15, -0.1) is 0 Å². The molecule has 0 aliphatic carbocycles. The van der Waals surface area contributed by atoms with Gasteiger partial charge >= 0.3 is 0 Å². The van der Waals surface area contributed by atoms with Crippen LogP contribution in [-0.2, 0) is 11.3 Å². The predicted molar refractivity (Wildman–Crippen MR) is 75.4 cm³/mol. The molecule has 1 N–H and O–H groups in total. The van der Waals surface area contributed by atoms with Crippen LogP contribution in [0.2, 0.25) is 0 Å². The van der Waals surface area contributed by atoms with Gasteiger partial charge in [-0.25, -0.2) is 4.98 Å². The van der Waals surface area contributed by atoms with Crippen LogP contribution in [0.25, 0.3) is 0 Å². The second-order valence-corrected chi connectivity index (χ2v) is 5.00. The molecule has 1 aromatic rings. The molecule has 106 valence electrons. The van der Waals surface area contributed by atoms with E-state index < -0.39 is 0 Å². The molecule has 0 aromatic carbocycles. The van der Waals surface area contributed by atoms with Crippen molar-refractivity contribution in [3.8, 4) is 5.88 Å². The first-order valence-corrected chi connectivity index (χ1v) is 7.21. The number of nitrogens with zero attached hydrogens (tertiary/aromatic N) is 1. The Kier molecular flexibility index (Phi) is 5.61. The Balaban J connectivity index is 1.90. The zero-order chi connectivity index (χ0) is 13.5. The summed E-state index contributed by atoms with van der Waals surface area (Å²) in [6, 6.07) is 4.09. The van der Waals surface area contributed by atoms with Crippen LogP contribution < -0.4 is 10.1 Å². The molecular formula is C15H24N2O2. The average Bonchev–Trinajstić information content (AvgIpc) is 2.43. The summed E-state index contributed by atoms with van der Waals surface area (Å²) in [5, 5.41) is 3.40. The summed E-state index contributed by atoms with van der Waals surface area (Å²) in [4.78, 5) is 4.54. The van der Waals surface area contributed by atoms with E-state index in [2.05, 4.69) is 23.3 Å². The summed E-state index contributed by atoms with van der Waals surface area (Å²) in [6.07, 6.45) is 3.32. The average molecular weight is 264 g/mol. The number of pyridine rings is 1. The number of aromatic nitrogens is 1. The van der Waals surface area contributed by atoms with Gasteiger partial charge in [0.15, 0.2) is 0 Å². The van der Waals surface area contributed by atoms with Gasteiger partial charge in [-0.3, -0.25) is 0 Å². The molecule has 1 aromatic heterocycles. The molecule has 1 fully saturated rings. The lowest BCUT2D eigenvalue weighted by atomic mass is 10.1. The van der Waals surface area contributed by atoms with Crippen molar-refractivity contribution in [2.24, 2.45) is 0 Å². The molecule has 4 heteroatoms. The standard InChI is InChI=1S/C15H24N2O2/c1-3-8-16-11-13-4-5-15(17-12(13)2)19-14-6-9-18-10-7-14/h4-5,14,16H,3,6-11H2,1-2H3. The van der Waals surface area contributed by atoms with E-state index in [0.717, 1.165) is 57.1 Å². The van der Waals surface area contributed by atoms with Gasteiger partial charge in [0.25, 0.3) is 0 Å². The van der Waals surface area contributed by atoms with Crippen LogP contribution in [0.5, 0.6) is 5.88 Å². The van der Waals surface area contributed by atoms with E-state index in [-0.39, 0.29) is 6.10 Å². The number of aryl methyl sites for hydroxylation is 1. The minimum atomic E-state index is 0.254. The Hall–Kier alpha value is -1.13. The van der Waals surface area contributed by atoms with Gasteiger partial charge in [-0.05, 0) is 25.5 Å². The molecule has 1 aliphatic heterocycles. The minimum absolute atomic E-state index is 0.254. The molecule has 0 bridgehead atoms. The summed E-state index contributed by atoms with van der Waals surface area (Å²) in [6.45, 7) is 7.72. The fourth-order valence-electron chi connectivity index (χ4n) is 2.18. The highest BCUT2D eigenvalue weighted by molar-refractivity contribution is 5.25. The van der Waals surface area contributed by atoms with Gasteiger partial charge in [0.1, 0.15) is 6.10 Å². The van der Waals surface area contributed by atoms with Gasteiger partial charge in [0.05, 0.1) is 13.2 Å². The Morgan fingerprint density at radius 2 is 2.16 bits per heavy atom. The van der Waals surface area contributed by atoms with Gasteiger partial charge in [-0.1, -0.05) is 13.0 Å². The second-order valence-electron chi connectivity index (χ2n) is 5.00. The fourth-order valence-corrected chi connectivity index (χ4v) is 2.18. The molecule has 0 saturated carbocycles. The van der Waals surface area contributed by atoms with E-state index in [1.807, 2.05) is 13.0 Å². The summed E-state index contributed by atoms with van der Waals surface area (Å²) in [5.41, 5.74) is 2.29. The molecule has 0 spiro atoms. The van der Waals surface area contributed by atoms with Crippen molar-refractivity contribution in [2.75, 3.05) is 19.8 Å². The van der Waals surface area contributed by atoms with E-state index in [4.69, 9.17) is 9.47 Å². The molecule has 1 saturated heterocycles. The number of ether oxygens (including phenoxy) is 2. The van der Waals surface area contributed by atoms with Crippen LogP contribution in [0, 0.1) is 6.92 Å². The largest absolute Gasteiger partial charge is 0.474 e. The summed E-state index contributed by atoms with van der Waals surface area (Å²) >= 11 is 0. The molecule has 2 rings (SSSR count). The summed E-state index contributed by atoms with van der Waals surface area (Å²) in [5.74, 6) is 0.739. The van der Waals surface area contributed by atoms with Crippen molar-refractivity contribution in [1.29, 1.82) is 0 Å². The molecular weight excluding hydrogens is 240 g/mol. The van der Waals surface area contributed by atoms with Crippen LogP contribution in [0.15, 0.2) is 12.1 Å². The van der Waals surface area contributed by atoms with Gasteiger partial charge in [-0.2, -0.15) is 0 Å². The van der Waals surface area contributed by atoms with Crippen molar-refractivity contribution in [3.05, 3.63) is 23.4 Å². The lowest BCUT2D eigenvalue weighted by Crippen LogP contribution is -2.26. The number of hydrogen-bond donors (Lipinski definition) is 1. The zero-order valence-electron chi connectivity index (χ0n) is 11.9. The first-order valence-electron chi connectivity index (χ1n) is 7.21. The van der Waals surface area contributed by atoms with E-state index in [9.17, 15) is 0 Å². The molecule has 4 nitrogen and oxygen atoms in total. The highest BCUT2D eigenvalue weighted by atomic mass is 16.5. The highest BCUT2D eigenvalue weighted by Gasteiger charge is 2.16. The molecule has 19 heavy (non-hydrogen) atoms. The second kappa shape index (κ2) is 7.46. The number of nitrogens with one attached hydrogen (secondary N) is 1. The van der Waals surface area contributed by atoms with E-state index >= 15 is 0 Å². The van der Waals surface area contributed by atoms with Crippen LogP contribution in [0.1, 0.15) is 37.4 Å². The normalized spacial score (nSPS) is 16.5. The van der Waals surface area contributed by atoms with Crippen LogP contribution in [0.4, 0.5) is 0 Å². The maximum atomic E-state index is 5.91. The monoisotopic (exact) mass is 264 g/mol. The molecule has 0 amide bonds. The smallest absolute Gasteiger partial charge is 0.213 e. The quantitative estimate of drug-likeness (QED) is 0.802. The van der Waals surface area contributed by atoms with Crippen LogP contribution >= 0.6 is 0 Å². The highest BCUT2D eigenvalue weighted by Crippen LogP contribution is 2.18. The lowest BCUT2D eigenvalue weighted by molar-refractivity contribution is 0.0237. The third-order valence-corrected chi connectivity index (χ3v) is 3.37. The molecule has 1 aliphatic rings. The summed E-state index contributed by atoms with van der Waals surface area (Å²) in [7, 11) is 0. The Bertz CT molecular complexity index is 390. The fraction of sp³-hybridized carbons (Fsp3) is 0.667. The first kappa shape index (κ1) is 14.3. The van der Waals surface area contributed by atoms with Crippen molar-refractivity contribution in [2.45, 2.75) is 45.8 Å². The maximum absolute atomic E-state index is 5.91. The maximum Gasteiger partial charge on any atom is 0.213 e.